The third-order valence-corrected chi connectivity index (χ3v) is 5.30. The lowest BCUT2D eigenvalue weighted by molar-refractivity contribution is 0.322. The lowest BCUT2D eigenvalue weighted by Crippen LogP contribution is -2.39. The fourth-order valence-corrected chi connectivity index (χ4v) is 3.72. The van der Waals surface area contributed by atoms with Gasteiger partial charge in [-0.3, -0.25) is 4.99 Å². The number of hydrogen-bond donors (Lipinski definition) is 2. The molecule has 0 saturated heterocycles. The van der Waals surface area contributed by atoms with E-state index in [0.717, 1.165) is 12.0 Å². The molecule has 164 valence electrons. The lowest BCUT2D eigenvalue weighted by atomic mass is 10.0. The third kappa shape index (κ3) is 8.02. The topological polar surface area (TPSA) is 79.8 Å². The van der Waals surface area contributed by atoms with E-state index in [2.05, 4.69) is 41.6 Å². The van der Waals surface area contributed by atoms with Gasteiger partial charge in [0.1, 0.15) is 18.2 Å². The summed E-state index contributed by atoms with van der Waals surface area (Å²) < 4.78 is 42.6. The molecular weight excluding hydrogens is 405 g/mol. The van der Waals surface area contributed by atoms with E-state index < -0.39 is 15.7 Å². The van der Waals surface area contributed by atoms with Gasteiger partial charge in [-0.1, -0.05) is 32.0 Å². The van der Waals surface area contributed by atoms with Crippen LogP contribution >= 0.6 is 0 Å². The number of halogens is 1. The van der Waals surface area contributed by atoms with E-state index in [1.165, 1.54) is 23.8 Å². The molecule has 0 aliphatic rings. The molecule has 2 aromatic carbocycles. The maximum Gasteiger partial charge on any atom is 0.191 e. The van der Waals surface area contributed by atoms with Gasteiger partial charge in [0.2, 0.25) is 0 Å². The molecule has 8 heteroatoms. The number of sulfone groups is 1. The zero-order valence-electron chi connectivity index (χ0n) is 17.9. The summed E-state index contributed by atoms with van der Waals surface area (Å²) in [6.07, 6.45) is 1.16. The molecule has 30 heavy (non-hydrogen) atoms. The molecule has 0 amide bonds. The zero-order valence-corrected chi connectivity index (χ0v) is 18.7. The highest BCUT2D eigenvalue weighted by Gasteiger charge is 2.11. The Hall–Kier alpha value is -2.61. The number of aliphatic imine (C=N–C) groups is 1. The first-order valence-corrected chi connectivity index (χ1v) is 11.9. The van der Waals surface area contributed by atoms with Gasteiger partial charge < -0.3 is 15.4 Å². The summed E-state index contributed by atoms with van der Waals surface area (Å²) in [7, 11) is -1.59. The Balaban J connectivity index is 1.84. The van der Waals surface area contributed by atoms with E-state index in [4.69, 9.17) is 4.74 Å². The number of rotatable bonds is 9. The average Bonchev–Trinajstić information content (AvgIpc) is 2.68. The molecule has 2 rings (SSSR count). The minimum atomic E-state index is -3.22. The second-order valence-electron chi connectivity index (χ2n) is 7.41. The molecule has 0 atom stereocenters. The molecule has 6 nitrogen and oxygen atoms in total. The molecule has 2 N–H and O–H groups in total. The Labute approximate surface area is 178 Å². The fraction of sp³-hybridized carbons (Fsp3) is 0.409. The van der Waals surface area contributed by atoms with E-state index >= 15 is 0 Å². The summed E-state index contributed by atoms with van der Waals surface area (Å²) in [5.74, 6) is 1.24. The highest BCUT2D eigenvalue weighted by molar-refractivity contribution is 7.89. The Morgan fingerprint density at radius 3 is 2.40 bits per heavy atom. The first kappa shape index (κ1) is 23.7. The highest BCUT2D eigenvalue weighted by Crippen LogP contribution is 2.18. The van der Waals surface area contributed by atoms with Gasteiger partial charge in [0, 0.05) is 19.8 Å². The second kappa shape index (κ2) is 11.0. The van der Waals surface area contributed by atoms with Gasteiger partial charge in [-0.15, -0.1) is 0 Å². The maximum absolute atomic E-state index is 13.6. The van der Waals surface area contributed by atoms with Crippen LogP contribution in [0.5, 0.6) is 5.75 Å². The van der Waals surface area contributed by atoms with E-state index in [1.807, 2.05) is 12.1 Å². The Morgan fingerprint density at radius 2 is 1.80 bits per heavy atom. The summed E-state index contributed by atoms with van der Waals surface area (Å²) in [6, 6.07) is 12.1. The van der Waals surface area contributed by atoms with Crippen LogP contribution in [0.4, 0.5) is 4.39 Å². The molecule has 0 aliphatic carbocycles. The number of ether oxygens (including phenoxy) is 1. The quantitative estimate of drug-likeness (QED) is 0.359. The van der Waals surface area contributed by atoms with E-state index in [1.54, 1.807) is 7.05 Å². The zero-order chi connectivity index (χ0) is 22.1. The Morgan fingerprint density at radius 1 is 1.10 bits per heavy atom. The van der Waals surface area contributed by atoms with Crippen LogP contribution in [-0.4, -0.2) is 40.8 Å². The number of guanidine groups is 1. The van der Waals surface area contributed by atoms with Crippen molar-refractivity contribution in [3.05, 3.63) is 65.0 Å². The van der Waals surface area contributed by atoms with Gasteiger partial charge in [-0.2, -0.15) is 0 Å². The predicted octanol–water partition coefficient (Wildman–Crippen LogP) is 3.24. The van der Waals surface area contributed by atoms with Crippen LogP contribution in [0, 0.1) is 5.82 Å². The van der Waals surface area contributed by atoms with Gasteiger partial charge in [0.15, 0.2) is 15.8 Å². The van der Waals surface area contributed by atoms with Crippen molar-refractivity contribution in [2.75, 3.05) is 26.5 Å². The first-order valence-electron chi connectivity index (χ1n) is 9.80. The van der Waals surface area contributed by atoms with Gasteiger partial charge in [-0.05, 0) is 46.9 Å². The molecule has 0 heterocycles. The normalized spacial score (nSPS) is 12.1. The first-order chi connectivity index (χ1) is 14.2. The van der Waals surface area contributed by atoms with Crippen molar-refractivity contribution in [1.29, 1.82) is 0 Å². The van der Waals surface area contributed by atoms with Crippen LogP contribution in [0.1, 0.15) is 36.5 Å². The fourth-order valence-electron chi connectivity index (χ4n) is 2.87. The minimum absolute atomic E-state index is 0.139. The number of benzene rings is 2. The molecule has 0 spiro atoms. The molecule has 0 bridgehead atoms. The molecular formula is C22H30FN3O3S. The van der Waals surface area contributed by atoms with Crippen LogP contribution in [0.3, 0.4) is 0 Å². The van der Waals surface area contributed by atoms with E-state index in [-0.39, 0.29) is 12.3 Å². The maximum atomic E-state index is 13.6. The molecule has 0 radical (unpaired) electrons. The van der Waals surface area contributed by atoms with Crippen LogP contribution in [0.25, 0.3) is 0 Å². The number of hydrogen-bond acceptors (Lipinski definition) is 4. The third-order valence-electron chi connectivity index (χ3n) is 4.47. The van der Waals surface area contributed by atoms with Gasteiger partial charge in [-0.25, -0.2) is 12.8 Å². The smallest absolute Gasteiger partial charge is 0.191 e. The standard InChI is InChI=1S/C22H30FN3O3S/c1-16(2)17-6-9-21(10-7-17)29-12-11-25-22(24-3)26-14-19-13-20(23)8-5-18(19)15-30(4,27)28/h5-10,13,16H,11-12,14-15H2,1-4H3,(H2,24,25,26). The van der Waals surface area contributed by atoms with Crippen LogP contribution in [-0.2, 0) is 22.1 Å². The molecule has 0 aliphatic heterocycles. The van der Waals surface area contributed by atoms with Crippen molar-refractivity contribution in [3.63, 3.8) is 0 Å². The predicted molar refractivity (Wildman–Crippen MR) is 119 cm³/mol. The van der Waals surface area contributed by atoms with Crippen molar-refractivity contribution in [3.8, 4) is 5.75 Å². The molecule has 0 fully saturated rings. The van der Waals surface area contributed by atoms with E-state index in [0.29, 0.717) is 36.2 Å². The summed E-state index contributed by atoms with van der Waals surface area (Å²) in [6.45, 7) is 5.50. The van der Waals surface area contributed by atoms with E-state index in [9.17, 15) is 12.8 Å². The molecule has 0 saturated carbocycles. The average molecular weight is 436 g/mol. The van der Waals surface area contributed by atoms with Crippen molar-refractivity contribution in [2.45, 2.75) is 32.1 Å². The van der Waals surface area contributed by atoms with Crippen LogP contribution in [0.2, 0.25) is 0 Å². The van der Waals surface area contributed by atoms with Crippen molar-refractivity contribution in [1.82, 2.24) is 10.6 Å². The summed E-state index contributed by atoms with van der Waals surface area (Å²) in [5.41, 5.74) is 2.40. The summed E-state index contributed by atoms with van der Waals surface area (Å²) in [4.78, 5) is 4.13. The lowest BCUT2D eigenvalue weighted by Gasteiger charge is -2.15. The monoisotopic (exact) mass is 435 g/mol. The van der Waals surface area contributed by atoms with Gasteiger partial charge >= 0.3 is 0 Å². The minimum Gasteiger partial charge on any atom is -0.492 e. The number of nitrogens with zero attached hydrogens (tertiary/aromatic N) is 1. The SMILES string of the molecule is CN=C(NCCOc1ccc(C(C)C)cc1)NCc1cc(F)ccc1CS(C)(=O)=O. The highest BCUT2D eigenvalue weighted by atomic mass is 32.2. The van der Waals surface area contributed by atoms with Crippen LogP contribution < -0.4 is 15.4 Å². The molecule has 0 aromatic heterocycles. The van der Waals surface area contributed by atoms with Gasteiger partial charge in [0.25, 0.3) is 0 Å². The van der Waals surface area contributed by atoms with Crippen LogP contribution in [0.15, 0.2) is 47.5 Å². The van der Waals surface area contributed by atoms with Gasteiger partial charge in [0.05, 0.1) is 12.3 Å². The van der Waals surface area contributed by atoms with Crippen molar-refractivity contribution >= 4 is 15.8 Å². The largest absolute Gasteiger partial charge is 0.492 e. The number of nitrogens with one attached hydrogen (secondary N) is 2. The summed E-state index contributed by atoms with van der Waals surface area (Å²) >= 11 is 0. The molecule has 0 unspecified atom stereocenters. The second-order valence-corrected chi connectivity index (χ2v) is 9.55. The summed E-state index contributed by atoms with van der Waals surface area (Å²) in [5, 5.41) is 6.20. The van der Waals surface area contributed by atoms with Crippen molar-refractivity contribution < 1.29 is 17.5 Å². The Bertz CT molecular complexity index is 958. The Kier molecular flexibility index (Phi) is 8.65. The van der Waals surface area contributed by atoms with Crippen molar-refractivity contribution in [2.24, 2.45) is 4.99 Å². The molecule has 2 aromatic rings.